The molecule has 0 unspecified atom stereocenters. The first kappa shape index (κ1) is 42.6. The van der Waals surface area contributed by atoms with Crippen LogP contribution in [0, 0.1) is 0 Å². The summed E-state index contributed by atoms with van der Waals surface area (Å²) < 4.78 is 30.5. The minimum Gasteiger partial charge on any atom is -1.00 e. The molecule has 2 heterocycles. The normalized spacial score (nSPS) is 11.2. The number of unbranched alkanes of at least 4 members (excludes halogenated alkanes) is 1. The number of hydrogen-bond donors (Lipinski definition) is 0. The van der Waals surface area contributed by atoms with Gasteiger partial charge >= 0.3 is 20.7 Å². The summed E-state index contributed by atoms with van der Waals surface area (Å²) in [5.74, 6) is 2.41. The summed E-state index contributed by atoms with van der Waals surface area (Å²) >= 11 is 0. The fourth-order valence-corrected chi connectivity index (χ4v) is 7.39. The molecule has 0 aliphatic carbocycles. The quantitative estimate of drug-likeness (QED) is 0.0744. The summed E-state index contributed by atoms with van der Waals surface area (Å²) in [6.45, 7) is 7.87. The molecule has 12 nitrogen and oxygen atoms in total. The van der Waals surface area contributed by atoms with E-state index in [-0.39, 0.29) is 24.8 Å². The van der Waals surface area contributed by atoms with Crippen molar-refractivity contribution in [3.8, 4) is 5.75 Å². The maximum absolute atomic E-state index is 5.92. The van der Waals surface area contributed by atoms with Crippen LogP contribution in [0.15, 0.2) is 93.8 Å². The third kappa shape index (κ3) is 13.2. The van der Waals surface area contributed by atoms with Crippen molar-refractivity contribution in [1.29, 1.82) is 0 Å². The van der Waals surface area contributed by atoms with E-state index in [0.29, 0.717) is 19.8 Å². The Bertz CT molecular complexity index is 1470. The Morgan fingerprint density at radius 2 is 1.08 bits per heavy atom. The Morgan fingerprint density at radius 3 is 1.46 bits per heavy atom. The zero-order valence-electron chi connectivity index (χ0n) is 29.3. The van der Waals surface area contributed by atoms with Crippen LogP contribution in [-0.2, 0) is 47.9 Å². The summed E-state index contributed by atoms with van der Waals surface area (Å²) in [7, 11) is 6.90. The topological polar surface area (TPSA) is 104 Å². The molecule has 4 aromatic rings. The summed E-state index contributed by atoms with van der Waals surface area (Å²) in [5, 5.41) is 17.0. The van der Waals surface area contributed by atoms with Gasteiger partial charge in [-0.25, -0.2) is 18.3 Å². The summed E-state index contributed by atoms with van der Waals surface area (Å²) in [4.78, 5) is 0. The van der Waals surface area contributed by atoms with E-state index in [0.717, 1.165) is 54.3 Å². The van der Waals surface area contributed by atoms with Crippen molar-refractivity contribution in [1.82, 2.24) is 9.13 Å². The van der Waals surface area contributed by atoms with Gasteiger partial charge in [-0.1, -0.05) is 22.4 Å². The van der Waals surface area contributed by atoms with E-state index >= 15 is 0 Å². The Balaban J connectivity index is 0.000000518. The van der Waals surface area contributed by atoms with Gasteiger partial charge in [-0.2, -0.15) is 0 Å². The summed E-state index contributed by atoms with van der Waals surface area (Å²) in [6.07, 6.45) is 10.9. The number of halogens is 2. The lowest BCUT2D eigenvalue weighted by atomic mass is 10.1. The number of methoxy groups -OCH3 is 1. The number of azo groups is 2. The number of benzene rings is 2. The zero-order valence-corrected chi connectivity index (χ0v) is 31.9. The van der Waals surface area contributed by atoms with Gasteiger partial charge in [-0.3, -0.25) is 0 Å². The predicted molar refractivity (Wildman–Crippen MR) is 179 cm³/mol. The molecule has 15 heteroatoms. The van der Waals surface area contributed by atoms with Gasteiger partial charge < -0.3 is 42.8 Å². The number of rotatable bonds is 16. The average Bonchev–Trinajstić information content (AvgIpc) is 3.56. The Hall–Kier alpha value is -3.46. The van der Waals surface area contributed by atoms with Crippen molar-refractivity contribution in [2.45, 2.75) is 46.1 Å². The van der Waals surface area contributed by atoms with E-state index in [1.807, 2.05) is 128 Å². The third-order valence-corrected chi connectivity index (χ3v) is 10.3. The molecular weight excluding hydrogens is 671 g/mol. The molecule has 0 bridgehead atoms. The predicted octanol–water partition coefficient (Wildman–Crippen LogP) is 0.918. The van der Waals surface area contributed by atoms with Crippen molar-refractivity contribution in [3.05, 3.63) is 78.9 Å². The molecule has 0 saturated heterocycles. The van der Waals surface area contributed by atoms with Gasteiger partial charge in [0.1, 0.15) is 17.1 Å². The number of nitrogens with zero attached hydrogens (tertiary/aromatic N) is 8. The van der Waals surface area contributed by atoms with Crippen molar-refractivity contribution in [2.24, 2.45) is 48.6 Å². The lowest BCUT2D eigenvalue weighted by Crippen LogP contribution is -3.00. The second kappa shape index (κ2) is 22.2. The maximum Gasteiger partial charge on any atom is 0.500 e. The lowest BCUT2D eigenvalue weighted by Gasteiger charge is -2.28. The van der Waals surface area contributed by atoms with Crippen LogP contribution in [0.25, 0.3) is 0 Å². The van der Waals surface area contributed by atoms with Gasteiger partial charge in [0.25, 0.3) is 0 Å². The fraction of sp³-hybridized carbons (Fsp3) is 0.455. The van der Waals surface area contributed by atoms with E-state index in [2.05, 4.69) is 32.6 Å². The Kier molecular flexibility index (Phi) is 19.7. The molecule has 48 heavy (non-hydrogen) atoms. The molecule has 0 aliphatic heterocycles. The summed E-state index contributed by atoms with van der Waals surface area (Å²) in [6, 6.07) is 16.6. The van der Waals surface area contributed by atoms with Crippen LogP contribution in [0.1, 0.15) is 39.2 Å². The molecule has 2 aromatic carbocycles. The van der Waals surface area contributed by atoms with Gasteiger partial charge in [-0.15, -0.1) is 0 Å². The number of hydrogen-bond acceptors (Lipinski definition) is 8. The standard InChI is InChI=1S/C21H35N4O3Si.C12H15N4O.2ClH/c1-6-26-29(27-7-2,28-8-3)18-10-9-11-19-12-14-20(15-13-19)22-23-21-24(4)16-17-25(21)5;1-15-8-9-16(2)12(15)14-13-10-4-6-11(17-3)7-5-10;;/h12-17H,6-11,18H2,1-5H3;4-9H,1-3H3;2*1H/q2*+1;;/p-2. The first-order valence-electron chi connectivity index (χ1n) is 15.7. The lowest BCUT2D eigenvalue weighted by molar-refractivity contribution is -0.657. The van der Waals surface area contributed by atoms with E-state index in [1.165, 1.54) is 5.56 Å². The first-order chi connectivity index (χ1) is 22.2. The third-order valence-electron chi connectivity index (χ3n) is 7.10. The fourth-order valence-electron chi connectivity index (χ4n) is 4.70. The molecule has 0 saturated carbocycles. The van der Waals surface area contributed by atoms with Gasteiger partial charge in [0.15, 0.2) is 0 Å². The van der Waals surface area contributed by atoms with E-state index < -0.39 is 8.80 Å². The van der Waals surface area contributed by atoms with Crippen molar-refractivity contribution in [2.75, 3.05) is 26.9 Å². The van der Waals surface area contributed by atoms with Gasteiger partial charge in [0, 0.05) is 36.1 Å². The highest BCUT2D eigenvalue weighted by atomic mass is 35.5. The van der Waals surface area contributed by atoms with Crippen LogP contribution in [0.5, 0.6) is 5.75 Å². The van der Waals surface area contributed by atoms with Crippen molar-refractivity contribution < 1.29 is 52.0 Å². The second-order valence-corrected chi connectivity index (χ2v) is 13.3. The van der Waals surface area contributed by atoms with Crippen LogP contribution < -0.4 is 38.7 Å². The maximum atomic E-state index is 5.92. The van der Waals surface area contributed by atoms with E-state index in [1.54, 1.807) is 7.11 Å². The molecule has 2 aromatic heterocycles. The average molecular weight is 722 g/mol. The molecule has 4 rings (SSSR count). The second-order valence-electron chi connectivity index (χ2n) is 10.6. The largest absolute Gasteiger partial charge is 1.00 e. The molecule has 0 spiro atoms. The van der Waals surface area contributed by atoms with Crippen LogP contribution in [-0.4, -0.2) is 44.9 Å². The highest BCUT2D eigenvalue weighted by molar-refractivity contribution is 6.60. The van der Waals surface area contributed by atoms with Crippen LogP contribution in [0.3, 0.4) is 0 Å². The van der Waals surface area contributed by atoms with E-state index in [4.69, 9.17) is 18.0 Å². The monoisotopic (exact) mass is 720 g/mol. The number of aryl methyl sites for hydroxylation is 5. The number of imidazole rings is 2. The smallest absolute Gasteiger partial charge is 0.500 e. The highest BCUT2D eigenvalue weighted by Crippen LogP contribution is 2.22. The number of ether oxygens (including phenoxy) is 1. The molecule has 0 atom stereocenters. The van der Waals surface area contributed by atoms with E-state index in [9.17, 15) is 0 Å². The highest BCUT2D eigenvalue weighted by Gasteiger charge is 2.39. The van der Waals surface area contributed by atoms with Crippen molar-refractivity contribution >= 4 is 32.1 Å². The molecule has 0 fully saturated rings. The molecule has 0 radical (unpaired) electrons. The Morgan fingerprint density at radius 1 is 0.646 bits per heavy atom. The molecular formula is C33H50Cl2N8O4Si. The van der Waals surface area contributed by atoms with Crippen LogP contribution in [0.2, 0.25) is 6.04 Å². The summed E-state index contributed by atoms with van der Waals surface area (Å²) in [5.41, 5.74) is 2.95. The minimum absolute atomic E-state index is 0. The number of aromatic nitrogens is 4. The minimum atomic E-state index is -2.52. The Labute approximate surface area is 298 Å². The zero-order chi connectivity index (χ0) is 33.4. The van der Waals surface area contributed by atoms with Gasteiger partial charge in [0.2, 0.25) is 0 Å². The van der Waals surface area contributed by atoms with Gasteiger partial charge in [0.05, 0.1) is 60.1 Å². The van der Waals surface area contributed by atoms with Crippen molar-refractivity contribution in [3.63, 3.8) is 0 Å². The van der Waals surface area contributed by atoms with Crippen LogP contribution in [0.4, 0.5) is 23.3 Å². The molecule has 0 N–H and O–H groups in total. The van der Waals surface area contributed by atoms with Crippen LogP contribution >= 0.6 is 0 Å². The first-order valence-corrected chi connectivity index (χ1v) is 17.7. The molecule has 264 valence electrons. The SMILES string of the molecule is CCO[Si](CCCCc1ccc(N=Nc2n(C)cc[n+]2C)cc1)(OCC)OCC.COc1ccc(N=Nc2n(C)cc[n+]2C)cc1.[Cl-].[Cl-]. The molecule has 0 amide bonds. The molecule has 0 aliphatic rings. The van der Waals surface area contributed by atoms with Gasteiger partial charge in [-0.05, 0) is 82.0 Å².